The molecule has 0 saturated carbocycles. The van der Waals surface area contributed by atoms with E-state index in [1.54, 1.807) is 12.3 Å². The monoisotopic (exact) mass is 269 g/mol. The summed E-state index contributed by atoms with van der Waals surface area (Å²) in [4.78, 5) is 15.8. The minimum absolute atomic E-state index is 0.115. The summed E-state index contributed by atoms with van der Waals surface area (Å²) in [7, 11) is 0. The molecule has 4 nitrogen and oxygen atoms in total. The molecular formula is C10H12BrN3O. The zero-order valence-corrected chi connectivity index (χ0v) is 9.75. The number of halogens is 1. The van der Waals surface area contributed by atoms with E-state index in [1.165, 1.54) is 0 Å². The molecule has 2 N–H and O–H groups in total. The first-order chi connectivity index (χ1) is 7.27. The van der Waals surface area contributed by atoms with Crippen molar-refractivity contribution in [3.05, 3.63) is 28.5 Å². The Morgan fingerprint density at radius 1 is 1.67 bits per heavy atom. The number of carbonyl (C=O) groups is 1. The van der Waals surface area contributed by atoms with Gasteiger partial charge in [0.15, 0.2) is 0 Å². The first kappa shape index (κ1) is 10.6. The lowest BCUT2D eigenvalue weighted by molar-refractivity contribution is 0.0934. The molecule has 0 aliphatic carbocycles. The van der Waals surface area contributed by atoms with Gasteiger partial charge in [-0.1, -0.05) is 0 Å². The van der Waals surface area contributed by atoms with Crippen LogP contribution in [0.5, 0.6) is 0 Å². The Kier molecular flexibility index (Phi) is 3.33. The number of pyridine rings is 1. The molecule has 1 fully saturated rings. The van der Waals surface area contributed by atoms with Crippen LogP contribution in [0.3, 0.4) is 0 Å². The van der Waals surface area contributed by atoms with Crippen LogP contribution < -0.4 is 10.6 Å². The Hall–Kier alpha value is -0.940. The van der Waals surface area contributed by atoms with Gasteiger partial charge in [0.1, 0.15) is 5.69 Å². The van der Waals surface area contributed by atoms with Crippen LogP contribution >= 0.6 is 15.9 Å². The van der Waals surface area contributed by atoms with Crippen molar-refractivity contribution < 1.29 is 4.79 Å². The van der Waals surface area contributed by atoms with Crippen LogP contribution in [0.1, 0.15) is 16.9 Å². The van der Waals surface area contributed by atoms with E-state index < -0.39 is 0 Å². The molecule has 2 rings (SSSR count). The van der Waals surface area contributed by atoms with Gasteiger partial charge in [-0.15, -0.1) is 0 Å². The maximum atomic E-state index is 11.8. The van der Waals surface area contributed by atoms with Crippen molar-refractivity contribution in [2.24, 2.45) is 0 Å². The molecular weight excluding hydrogens is 258 g/mol. The van der Waals surface area contributed by atoms with Crippen molar-refractivity contribution >= 4 is 21.8 Å². The van der Waals surface area contributed by atoms with Crippen molar-refractivity contribution in [2.45, 2.75) is 12.5 Å². The Morgan fingerprint density at radius 2 is 2.53 bits per heavy atom. The number of hydrogen-bond donors (Lipinski definition) is 2. The fourth-order valence-corrected chi connectivity index (χ4v) is 2.02. The minimum Gasteiger partial charge on any atom is -0.347 e. The standard InChI is InChI=1S/C10H12BrN3O/c11-8-2-1-4-13-9(8)10(15)14-7-3-5-12-6-7/h1-2,4,7,12H,3,5-6H2,(H,14,15). The number of amides is 1. The molecule has 2 heterocycles. The predicted molar refractivity (Wildman–Crippen MR) is 60.7 cm³/mol. The van der Waals surface area contributed by atoms with Crippen LogP contribution in [0.2, 0.25) is 0 Å². The van der Waals surface area contributed by atoms with Crippen molar-refractivity contribution in [3.63, 3.8) is 0 Å². The molecule has 0 radical (unpaired) electrons. The second kappa shape index (κ2) is 4.72. The summed E-state index contributed by atoms with van der Waals surface area (Å²) in [5.41, 5.74) is 0.449. The molecule has 15 heavy (non-hydrogen) atoms. The van der Waals surface area contributed by atoms with Gasteiger partial charge in [0.05, 0.1) is 0 Å². The van der Waals surface area contributed by atoms with E-state index in [9.17, 15) is 4.79 Å². The van der Waals surface area contributed by atoms with Crippen molar-refractivity contribution in [3.8, 4) is 0 Å². The molecule has 80 valence electrons. The van der Waals surface area contributed by atoms with Gasteiger partial charge >= 0.3 is 0 Å². The predicted octanol–water partition coefficient (Wildman–Crippen LogP) is 0.936. The van der Waals surface area contributed by atoms with E-state index in [1.807, 2.05) is 6.07 Å². The third kappa shape index (κ3) is 2.54. The first-order valence-corrected chi connectivity index (χ1v) is 5.69. The highest BCUT2D eigenvalue weighted by molar-refractivity contribution is 9.10. The molecule has 1 unspecified atom stereocenters. The quantitative estimate of drug-likeness (QED) is 0.840. The summed E-state index contributed by atoms with van der Waals surface area (Å²) in [5.74, 6) is -0.115. The van der Waals surface area contributed by atoms with Gasteiger partial charge in [-0.25, -0.2) is 4.98 Å². The largest absolute Gasteiger partial charge is 0.347 e. The van der Waals surface area contributed by atoms with Crippen LogP contribution in [-0.4, -0.2) is 30.0 Å². The lowest BCUT2D eigenvalue weighted by Crippen LogP contribution is -2.36. The van der Waals surface area contributed by atoms with Crippen LogP contribution in [0.15, 0.2) is 22.8 Å². The zero-order valence-electron chi connectivity index (χ0n) is 8.16. The molecule has 1 aliphatic heterocycles. The maximum absolute atomic E-state index is 11.8. The summed E-state index contributed by atoms with van der Waals surface area (Å²) >= 11 is 3.31. The summed E-state index contributed by atoms with van der Waals surface area (Å²) < 4.78 is 0.730. The average molecular weight is 270 g/mol. The summed E-state index contributed by atoms with van der Waals surface area (Å²) in [6, 6.07) is 3.83. The van der Waals surface area contributed by atoms with Crippen LogP contribution in [0.25, 0.3) is 0 Å². The molecule has 1 aromatic heterocycles. The average Bonchev–Trinajstić information content (AvgIpc) is 2.71. The molecule has 1 saturated heterocycles. The van der Waals surface area contributed by atoms with Gasteiger partial charge < -0.3 is 10.6 Å². The Balaban J connectivity index is 2.04. The van der Waals surface area contributed by atoms with Gasteiger partial charge in [0.2, 0.25) is 0 Å². The summed E-state index contributed by atoms with van der Waals surface area (Å²) in [6.45, 7) is 1.81. The van der Waals surface area contributed by atoms with Crippen LogP contribution in [0.4, 0.5) is 0 Å². The Morgan fingerprint density at radius 3 is 3.20 bits per heavy atom. The van der Waals surface area contributed by atoms with E-state index in [0.29, 0.717) is 5.69 Å². The van der Waals surface area contributed by atoms with Crippen molar-refractivity contribution in [2.75, 3.05) is 13.1 Å². The number of rotatable bonds is 2. The topological polar surface area (TPSA) is 54.0 Å². The van der Waals surface area contributed by atoms with Gasteiger partial charge in [-0.3, -0.25) is 4.79 Å². The van der Waals surface area contributed by atoms with E-state index in [-0.39, 0.29) is 11.9 Å². The lowest BCUT2D eigenvalue weighted by Gasteiger charge is -2.11. The third-order valence-corrected chi connectivity index (χ3v) is 3.01. The molecule has 0 spiro atoms. The number of aromatic nitrogens is 1. The van der Waals surface area contributed by atoms with E-state index in [2.05, 4.69) is 31.5 Å². The summed E-state index contributed by atoms with van der Waals surface area (Å²) in [6.07, 6.45) is 2.60. The number of hydrogen-bond acceptors (Lipinski definition) is 3. The molecule has 0 bridgehead atoms. The third-order valence-electron chi connectivity index (χ3n) is 2.37. The highest BCUT2D eigenvalue weighted by Gasteiger charge is 2.19. The highest BCUT2D eigenvalue weighted by atomic mass is 79.9. The molecule has 5 heteroatoms. The molecule has 0 aromatic carbocycles. The molecule has 1 amide bonds. The molecule has 1 atom stereocenters. The van der Waals surface area contributed by atoms with Gasteiger partial charge in [0, 0.05) is 23.3 Å². The number of carbonyl (C=O) groups excluding carboxylic acids is 1. The fourth-order valence-electron chi connectivity index (χ4n) is 1.58. The van der Waals surface area contributed by atoms with Gasteiger partial charge in [0.25, 0.3) is 5.91 Å². The number of nitrogens with one attached hydrogen (secondary N) is 2. The molecule has 1 aromatic rings. The molecule has 1 aliphatic rings. The normalized spacial score (nSPS) is 20.2. The van der Waals surface area contributed by atoms with Gasteiger partial charge in [-0.2, -0.15) is 0 Å². The smallest absolute Gasteiger partial charge is 0.271 e. The summed E-state index contributed by atoms with van der Waals surface area (Å²) in [5, 5.41) is 6.14. The first-order valence-electron chi connectivity index (χ1n) is 4.89. The van der Waals surface area contributed by atoms with E-state index in [4.69, 9.17) is 0 Å². The lowest BCUT2D eigenvalue weighted by atomic mass is 10.2. The van der Waals surface area contributed by atoms with Gasteiger partial charge in [-0.05, 0) is 41.0 Å². The van der Waals surface area contributed by atoms with Crippen LogP contribution in [-0.2, 0) is 0 Å². The Labute approximate surface area is 96.6 Å². The highest BCUT2D eigenvalue weighted by Crippen LogP contribution is 2.13. The minimum atomic E-state index is -0.115. The van der Waals surface area contributed by atoms with E-state index >= 15 is 0 Å². The van der Waals surface area contributed by atoms with Crippen LogP contribution in [0, 0.1) is 0 Å². The van der Waals surface area contributed by atoms with Crippen molar-refractivity contribution in [1.82, 2.24) is 15.6 Å². The van der Waals surface area contributed by atoms with Crippen molar-refractivity contribution in [1.29, 1.82) is 0 Å². The zero-order chi connectivity index (χ0) is 10.7. The number of nitrogens with zero attached hydrogens (tertiary/aromatic N) is 1. The Bertz CT molecular complexity index is 363. The maximum Gasteiger partial charge on any atom is 0.271 e. The fraction of sp³-hybridized carbons (Fsp3) is 0.400. The second-order valence-electron chi connectivity index (χ2n) is 3.50. The second-order valence-corrected chi connectivity index (χ2v) is 4.35. The SMILES string of the molecule is O=C(NC1CCNC1)c1ncccc1Br. The van der Waals surface area contributed by atoms with E-state index in [0.717, 1.165) is 24.0 Å².